The summed E-state index contributed by atoms with van der Waals surface area (Å²) in [6, 6.07) is 14.3. The van der Waals surface area contributed by atoms with Crippen molar-refractivity contribution >= 4 is 12.6 Å². The molecule has 0 saturated carbocycles. The van der Waals surface area contributed by atoms with Crippen LogP contribution in [0.5, 0.6) is 11.5 Å². The summed E-state index contributed by atoms with van der Waals surface area (Å²) in [5.74, 6) is 1.32. The second-order valence-corrected chi connectivity index (χ2v) is 4.34. The minimum Gasteiger partial charge on any atom is -0.457 e. The highest BCUT2D eigenvalue weighted by Gasteiger charge is 2.17. The summed E-state index contributed by atoms with van der Waals surface area (Å²) >= 11 is 0. The van der Waals surface area contributed by atoms with E-state index in [1.165, 1.54) is 7.11 Å². The zero-order valence-corrected chi connectivity index (χ0v) is 11.3. The Balaban J connectivity index is 2.17. The van der Waals surface area contributed by atoms with E-state index in [1.807, 2.05) is 13.0 Å². The van der Waals surface area contributed by atoms with Crippen molar-refractivity contribution in [3.8, 4) is 17.6 Å². The smallest absolute Gasteiger partial charge is 0.457 e. The first-order valence-electron chi connectivity index (χ1n) is 6.13. The molecule has 2 aromatic carbocycles. The first-order chi connectivity index (χ1) is 9.63. The molecular formula is C15H14BNO3. The minimum atomic E-state index is -0.932. The molecule has 100 valence electrons. The van der Waals surface area contributed by atoms with Crippen LogP contribution >= 0.6 is 0 Å². The van der Waals surface area contributed by atoms with Gasteiger partial charge in [-0.15, -0.1) is 0 Å². The fourth-order valence-electron chi connectivity index (χ4n) is 1.85. The van der Waals surface area contributed by atoms with Crippen molar-refractivity contribution < 1.29 is 14.4 Å². The fraction of sp³-hybridized carbons (Fsp3) is 0.133. The summed E-state index contributed by atoms with van der Waals surface area (Å²) < 4.78 is 10.6. The van der Waals surface area contributed by atoms with E-state index in [0.717, 1.165) is 5.56 Å². The van der Waals surface area contributed by atoms with Crippen LogP contribution in [0.1, 0.15) is 11.1 Å². The van der Waals surface area contributed by atoms with Crippen molar-refractivity contribution in [1.29, 1.82) is 5.26 Å². The van der Waals surface area contributed by atoms with Crippen LogP contribution in [-0.4, -0.2) is 19.3 Å². The van der Waals surface area contributed by atoms with Crippen molar-refractivity contribution in [2.45, 2.75) is 6.92 Å². The molecule has 0 saturated heterocycles. The van der Waals surface area contributed by atoms with Gasteiger partial charge < -0.3 is 14.4 Å². The Kier molecular flexibility index (Phi) is 4.41. The van der Waals surface area contributed by atoms with Gasteiger partial charge in [0.25, 0.3) is 0 Å². The Labute approximate surface area is 118 Å². The molecule has 0 aliphatic heterocycles. The van der Waals surface area contributed by atoms with Crippen LogP contribution in [-0.2, 0) is 4.65 Å². The molecule has 20 heavy (non-hydrogen) atoms. The molecule has 2 aromatic rings. The standard InChI is InChI=1S/C15H14BNO3/c1-11-9-14(7-8-15(11)16(18)19-2)20-13-5-3-12(10-17)4-6-13/h3-9,18H,1-2H3. The summed E-state index contributed by atoms with van der Waals surface area (Å²) in [7, 11) is 0.518. The second-order valence-electron chi connectivity index (χ2n) is 4.34. The van der Waals surface area contributed by atoms with E-state index >= 15 is 0 Å². The number of hydrogen-bond acceptors (Lipinski definition) is 4. The first kappa shape index (κ1) is 14.1. The molecule has 0 bridgehead atoms. The molecule has 0 unspecified atom stereocenters. The summed E-state index contributed by atoms with van der Waals surface area (Å²) in [4.78, 5) is 0. The topological polar surface area (TPSA) is 62.5 Å². The quantitative estimate of drug-likeness (QED) is 0.860. The summed E-state index contributed by atoms with van der Waals surface area (Å²) in [6.07, 6.45) is 0. The van der Waals surface area contributed by atoms with E-state index in [9.17, 15) is 5.02 Å². The fourth-order valence-corrected chi connectivity index (χ4v) is 1.85. The number of hydrogen-bond donors (Lipinski definition) is 1. The van der Waals surface area contributed by atoms with Crippen LogP contribution < -0.4 is 10.2 Å². The van der Waals surface area contributed by atoms with Gasteiger partial charge in [-0.1, -0.05) is 6.07 Å². The largest absolute Gasteiger partial charge is 0.491 e. The molecule has 5 heteroatoms. The van der Waals surface area contributed by atoms with Gasteiger partial charge in [0.05, 0.1) is 11.6 Å². The molecule has 0 heterocycles. The van der Waals surface area contributed by atoms with E-state index in [4.69, 9.17) is 14.7 Å². The molecule has 0 aliphatic rings. The van der Waals surface area contributed by atoms with E-state index in [2.05, 4.69) is 6.07 Å². The lowest BCUT2D eigenvalue weighted by atomic mass is 9.77. The van der Waals surface area contributed by atoms with Crippen molar-refractivity contribution in [3.63, 3.8) is 0 Å². The van der Waals surface area contributed by atoms with E-state index < -0.39 is 7.12 Å². The maximum atomic E-state index is 9.65. The highest BCUT2D eigenvalue weighted by molar-refractivity contribution is 6.60. The predicted octanol–water partition coefficient (Wildman–Crippen LogP) is 1.99. The summed E-state index contributed by atoms with van der Waals surface area (Å²) in [5.41, 5.74) is 2.18. The van der Waals surface area contributed by atoms with Gasteiger partial charge in [-0.3, -0.25) is 0 Å². The van der Waals surface area contributed by atoms with Gasteiger partial charge in [-0.05, 0) is 54.3 Å². The third-order valence-corrected chi connectivity index (χ3v) is 2.95. The van der Waals surface area contributed by atoms with Crippen molar-refractivity contribution in [3.05, 3.63) is 53.6 Å². The molecule has 0 aromatic heterocycles. The number of benzene rings is 2. The maximum absolute atomic E-state index is 9.65. The molecule has 2 rings (SSSR count). The highest BCUT2D eigenvalue weighted by atomic mass is 16.5. The molecule has 1 N–H and O–H groups in total. The zero-order valence-electron chi connectivity index (χ0n) is 11.3. The Morgan fingerprint density at radius 3 is 2.30 bits per heavy atom. The Morgan fingerprint density at radius 1 is 1.10 bits per heavy atom. The molecule has 0 amide bonds. The third-order valence-electron chi connectivity index (χ3n) is 2.95. The molecule has 0 fully saturated rings. The van der Waals surface area contributed by atoms with Crippen LogP contribution in [0.2, 0.25) is 0 Å². The number of aryl methyl sites for hydroxylation is 1. The average Bonchev–Trinajstić information content (AvgIpc) is 2.47. The molecular weight excluding hydrogens is 253 g/mol. The van der Waals surface area contributed by atoms with E-state index in [-0.39, 0.29) is 0 Å². The van der Waals surface area contributed by atoms with Gasteiger partial charge in [-0.2, -0.15) is 5.26 Å². The van der Waals surface area contributed by atoms with E-state index in [1.54, 1.807) is 36.4 Å². The lowest BCUT2D eigenvalue weighted by Gasteiger charge is -2.11. The van der Waals surface area contributed by atoms with Crippen molar-refractivity contribution in [1.82, 2.24) is 0 Å². The van der Waals surface area contributed by atoms with Crippen LogP contribution in [0.25, 0.3) is 0 Å². The summed E-state index contributed by atoms with van der Waals surface area (Å²) in [5, 5.41) is 18.4. The van der Waals surface area contributed by atoms with Gasteiger partial charge >= 0.3 is 7.12 Å². The van der Waals surface area contributed by atoms with Gasteiger partial charge in [0, 0.05) is 7.11 Å². The number of rotatable bonds is 4. The normalized spacial score (nSPS) is 9.90. The number of nitriles is 1. The lowest BCUT2D eigenvalue weighted by molar-refractivity contribution is 0.341. The molecule has 0 radical (unpaired) electrons. The Bertz CT molecular complexity index is 635. The van der Waals surface area contributed by atoms with Crippen LogP contribution in [0, 0.1) is 18.3 Å². The monoisotopic (exact) mass is 267 g/mol. The predicted molar refractivity (Wildman–Crippen MR) is 77.0 cm³/mol. The average molecular weight is 267 g/mol. The van der Waals surface area contributed by atoms with Crippen molar-refractivity contribution in [2.24, 2.45) is 0 Å². The minimum absolute atomic E-state index is 0.590. The van der Waals surface area contributed by atoms with Gasteiger partial charge in [-0.25, -0.2) is 0 Å². The maximum Gasteiger partial charge on any atom is 0.491 e. The number of ether oxygens (including phenoxy) is 1. The highest BCUT2D eigenvalue weighted by Crippen LogP contribution is 2.22. The van der Waals surface area contributed by atoms with Crippen LogP contribution in [0.15, 0.2) is 42.5 Å². The Hall–Kier alpha value is -2.29. The first-order valence-corrected chi connectivity index (χ1v) is 6.13. The lowest BCUT2D eigenvalue weighted by Crippen LogP contribution is -2.34. The number of nitrogens with zero attached hydrogens (tertiary/aromatic N) is 1. The second kappa shape index (κ2) is 6.24. The summed E-state index contributed by atoms with van der Waals surface area (Å²) in [6.45, 7) is 1.88. The van der Waals surface area contributed by atoms with E-state index in [0.29, 0.717) is 22.5 Å². The molecule has 0 atom stereocenters. The molecule has 0 aliphatic carbocycles. The third kappa shape index (κ3) is 3.18. The zero-order chi connectivity index (χ0) is 14.5. The van der Waals surface area contributed by atoms with Crippen LogP contribution in [0.4, 0.5) is 0 Å². The van der Waals surface area contributed by atoms with Gasteiger partial charge in [0.15, 0.2) is 0 Å². The van der Waals surface area contributed by atoms with Gasteiger partial charge in [0.1, 0.15) is 11.5 Å². The molecule has 0 spiro atoms. The molecule has 4 nitrogen and oxygen atoms in total. The SMILES string of the molecule is COB(O)c1ccc(Oc2ccc(C#N)cc2)cc1C. The van der Waals surface area contributed by atoms with Gasteiger partial charge in [0.2, 0.25) is 0 Å². The van der Waals surface area contributed by atoms with Crippen LogP contribution in [0.3, 0.4) is 0 Å². The Morgan fingerprint density at radius 2 is 1.75 bits per heavy atom. The van der Waals surface area contributed by atoms with Crippen molar-refractivity contribution in [2.75, 3.05) is 7.11 Å².